The summed E-state index contributed by atoms with van der Waals surface area (Å²) in [6, 6.07) is 7.31. The molecule has 0 amide bonds. The van der Waals surface area contributed by atoms with Crippen molar-refractivity contribution in [3.8, 4) is 11.4 Å². The van der Waals surface area contributed by atoms with Gasteiger partial charge in [0.15, 0.2) is 17.5 Å². The van der Waals surface area contributed by atoms with Gasteiger partial charge in [-0.05, 0) is 30.9 Å². The molecule has 32 heavy (non-hydrogen) atoms. The Morgan fingerprint density at radius 2 is 1.47 bits per heavy atom. The number of methoxy groups -OCH3 is 1. The number of benzene rings is 1. The molecule has 0 aliphatic heterocycles. The molecule has 5 nitrogen and oxygen atoms in total. The molecule has 1 heterocycles. The smallest absolute Gasteiger partial charge is 0.319 e. The molecule has 0 N–H and O–H groups in total. The van der Waals surface area contributed by atoms with Crippen molar-refractivity contribution in [3.05, 3.63) is 35.9 Å². The van der Waals surface area contributed by atoms with E-state index in [9.17, 15) is 4.79 Å². The molecule has 0 spiro atoms. The summed E-state index contributed by atoms with van der Waals surface area (Å²) in [7, 11) is 1.42. The minimum Gasteiger partial charge on any atom is -0.468 e. The molecule has 0 radical (unpaired) electrons. The Balaban J connectivity index is 1.88. The number of carbonyl (C=O) groups is 1. The average molecular weight is 578 g/mol. The number of ether oxygens (including phenoxy) is 1. The molecule has 1 aromatic heterocycles. The van der Waals surface area contributed by atoms with Gasteiger partial charge in [0.1, 0.15) is 5.25 Å². The molecule has 2 aromatic rings. The quantitative estimate of drug-likeness (QED) is 0.209. The third-order valence-electron chi connectivity index (χ3n) is 5.03. The number of thioether (sulfide) groups is 1. The van der Waals surface area contributed by atoms with E-state index in [2.05, 4.69) is 15.0 Å². The molecule has 1 saturated carbocycles. The van der Waals surface area contributed by atoms with Crippen molar-refractivity contribution in [2.24, 2.45) is 5.92 Å². The van der Waals surface area contributed by atoms with Gasteiger partial charge in [0, 0.05) is 10.5 Å². The molecule has 12 heteroatoms. The topological polar surface area (TPSA) is 65.0 Å². The third kappa shape index (κ3) is 6.91. The Morgan fingerprint density at radius 1 is 0.938 bits per heavy atom. The van der Waals surface area contributed by atoms with Gasteiger partial charge in [-0.3, -0.25) is 4.79 Å². The molecule has 1 fully saturated rings. The van der Waals surface area contributed by atoms with Gasteiger partial charge in [-0.1, -0.05) is 101 Å². The van der Waals surface area contributed by atoms with E-state index in [-0.39, 0.29) is 28.7 Å². The Bertz CT molecular complexity index is 912. The number of rotatable bonds is 5. The number of hydrogen-bond donors (Lipinski definition) is 0. The molecule has 1 aliphatic carbocycles. The lowest BCUT2D eigenvalue weighted by molar-refractivity contribution is -0.141. The van der Waals surface area contributed by atoms with Crippen LogP contribution in [-0.2, 0) is 17.1 Å². The highest BCUT2D eigenvalue weighted by Crippen LogP contribution is 2.41. The van der Waals surface area contributed by atoms with Crippen LogP contribution in [0.3, 0.4) is 0 Å². The Labute approximate surface area is 220 Å². The summed E-state index contributed by atoms with van der Waals surface area (Å²) in [6.07, 6.45) is 5.52. The second-order valence-electron chi connectivity index (χ2n) is 7.29. The number of hydrogen-bond acceptors (Lipinski definition) is 6. The molecule has 174 valence electrons. The average Bonchev–Trinajstić information content (AvgIpc) is 2.76. The molecular formula is C20H19Cl6N3O2S. The van der Waals surface area contributed by atoms with Crippen LogP contribution < -0.4 is 0 Å². The van der Waals surface area contributed by atoms with Crippen LogP contribution in [0.5, 0.6) is 0 Å². The molecule has 0 bridgehead atoms. The van der Waals surface area contributed by atoms with Gasteiger partial charge >= 0.3 is 5.97 Å². The fraction of sp³-hybridized carbons (Fsp3) is 0.500. The first-order valence-electron chi connectivity index (χ1n) is 9.74. The van der Waals surface area contributed by atoms with Gasteiger partial charge in [-0.25, -0.2) is 15.0 Å². The van der Waals surface area contributed by atoms with Crippen LogP contribution in [0.25, 0.3) is 11.4 Å². The number of carbonyl (C=O) groups excluding carboxylic acids is 1. The maximum absolute atomic E-state index is 12.4. The fourth-order valence-electron chi connectivity index (χ4n) is 3.48. The Kier molecular flexibility index (Phi) is 9.09. The van der Waals surface area contributed by atoms with E-state index in [4.69, 9.17) is 74.3 Å². The van der Waals surface area contributed by atoms with Gasteiger partial charge in [0.05, 0.1) is 7.11 Å². The highest BCUT2D eigenvalue weighted by Gasteiger charge is 2.34. The first-order valence-corrected chi connectivity index (χ1v) is 12.9. The lowest BCUT2D eigenvalue weighted by atomic mass is 9.87. The van der Waals surface area contributed by atoms with E-state index in [0.717, 1.165) is 30.6 Å². The van der Waals surface area contributed by atoms with E-state index in [1.807, 2.05) is 12.1 Å². The van der Waals surface area contributed by atoms with Crippen LogP contribution in [0.2, 0.25) is 0 Å². The van der Waals surface area contributed by atoms with Crippen LogP contribution in [-0.4, -0.2) is 33.3 Å². The lowest BCUT2D eigenvalue weighted by Crippen LogP contribution is -2.29. The molecular weight excluding hydrogens is 559 g/mol. The van der Waals surface area contributed by atoms with Crippen molar-refractivity contribution in [1.82, 2.24) is 15.0 Å². The third-order valence-corrected chi connectivity index (χ3v) is 7.42. The summed E-state index contributed by atoms with van der Waals surface area (Å²) in [5, 5.41) is -0.254. The Morgan fingerprint density at radius 3 is 1.94 bits per heavy atom. The summed E-state index contributed by atoms with van der Waals surface area (Å²) in [4.78, 5) is 25.7. The SMILES string of the molecule is COC(=O)C(Sc1ccc(-c2nc(C(Cl)(Cl)Cl)nc(C(Cl)(Cl)Cl)n2)cc1)C1CCCCC1. The summed E-state index contributed by atoms with van der Waals surface area (Å²) in [5.74, 6) is -0.0344. The predicted octanol–water partition coefficient (Wildman–Crippen LogP) is 7.41. The predicted molar refractivity (Wildman–Crippen MR) is 132 cm³/mol. The molecule has 1 aliphatic rings. The maximum Gasteiger partial charge on any atom is 0.319 e. The molecule has 3 rings (SSSR count). The van der Waals surface area contributed by atoms with Crippen molar-refractivity contribution >= 4 is 87.3 Å². The van der Waals surface area contributed by atoms with Crippen LogP contribution in [0.4, 0.5) is 0 Å². The van der Waals surface area contributed by atoms with E-state index < -0.39 is 7.59 Å². The monoisotopic (exact) mass is 575 g/mol. The summed E-state index contributed by atoms with van der Waals surface area (Å²) in [5.41, 5.74) is 0.607. The van der Waals surface area contributed by atoms with Crippen LogP contribution >= 0.6 is 81.4 Å². The van der Waals surface area contributed by atoms with Crippen LogP contribution in [0, 0.1) is 5.92 Å². The minimum atomic E-state index is -1.92. The largest absolute Gasteiger partial charge is 0.468 e. The lowest BCUT2D eigenvalue weighted by Gasteiger charge is -2.28. The van der Waals surface area contributed by atoms with Gasteiger partial charge in [0.2, 0.25) is 7.59 Å². The fourth-order valence-corrected chi connectivity index (χ4v) is 5.23. The number of nitrogens with zero attached hydrogens (tertiary/aromatic N) is 3. The molecule has 1 atom stereocenters. The van der Waals surface area contributed by atoms with Crippen molar-refractivity contribution in [1.29, 1.82) is 0 Å². The van der Waals surface area contributed by atoms with Gasteiger partial charge in [0.25, 0.3) is 0 Å². The first kappa shape index (κ1) is 26.4. The van der Waals surface area contributed by atoms with Gasteiger partial charge < -0.3 is 4.74 Å². The van der Waals surface area contributed by atoms with Crippen molar-refractivity contribution in [2.45, 2.75) is 49.8 Å². The standard InChI is InChI=1S/C20H19Cl6N3O2S/c1-31-16(30)14(11-5-3-2-4-6-11)32-13-9-7-12(8-10-13)15-27-17(19(21,22)23)29-18(28-15)20(24,25)26/h7-11,14H,2-6H2,1H3. The highest BCUT2D eigenvalue weighted by atomic mass is 35.6. The van der Waals surface area contributed by atoms with Crippen LogP contribution in [0.1, 0.15) is 43.8 Å². The highest BCUT2D eigenvalue weighted by molar-refractivity contribution is 8.00. The summed E-state index contributed by atoms with van der Waals surface area (Å²) < 4.78 is 1.21. The number of halogens is 6. The van der Waals surface area contributed by atoms with E-state index in [1.54, 1.807) is 12.1 Å². The maximum atomic E-state index is 12.4. The van der Waals surface area contributed by atoms with E-state index in [0.29, 0.717) is 11.5 Å². The number of esters is 1. The normalized spacial score (nSPS) is 16.6. The van der Waals surface area contributed by atoms with Gasteiger partial charge in [-0.2, -0.15) is 0 Å². The second kappa shape index (κ2) is 11.0. The molecule has 0 saturated heterocycles. The van der Waals surface area contributed by atoms with Crippen molar-refractivity contribution in [2.75, 3.05) is 7.11 Å². The second-order valence-corrected chi connectivity index (χ2v) is 13.1. The summed E-state index contributed by atoms with van der Waals surface area (Å²) >= 11 is 37.1. The summed E-state index contributed by atoms with van der Waals surface area (Å²) in [6.45, 7) is 0. The zero-order chi connectivity index (χ0) is 23.5. The molecule has 1 aromatic carbocycles. The molecule has 1 unspecified atom stereocenters. The number of aromatic nitrogens is 3. The van der Waals surface area contributed by atoms with E-state index >= 15 is 0 Å². The number of alkyl halides is 6. The zero-order valence-corrected chi connectivity index (χ0v) is 22.2. The zero-order valence-electron chi connectivity index (χ0n) is 16.8. The van der Waals surface area contributed by atoms with Crippen LogP contribution in [0.15, 0.2) is 29.2 Å². The Hall–Kier alpha value is -0.210. The van der Waals surface area contributed by atoms with E-state index in [1.165, 1.54) is 25.3 Å². The minimum absolute atomic E-state index is 0.157. The van der Waals surface area contributed by atoms with Crippen molar-refractivity contribution in [3.63, 3.8) is 0 Å². The van der Waals surface area contributed by atoms with Gasteiger partial charge in [-0.15, -0.1) is 11.8 Å². The van der Waals surface area contributed by atoms with Crippen molar-refractivity contribution < 1.29 is 9.53 Å². The first-order chi connectivity index (χ1) is 15.0.